The SMILES string of the molecule is COC1CNC(C(=O)N2CCCN(CC(N)=O)CC2)C1. The number of hydrogen-bond acceptors (Lipinski definition) is 5. The zero-order valence-corrected chi connectivity index (χ0v) is 12.0. The van der Waals surface area contributed by atoms with Crippen LogP contribution in [0, 0.1) is 0 Å². The Morgan fingerprint density at radius 1 is 1.30 bits per heavy atom. The molecule has 2 atom stereocenters. The van der Waals surface area contributed by atoms with Crippen molar-refractivity contribution in [1.29, 1.82) is 0 Å². The third-order valence-electron chi connectivity index (χ3n) is 4.00. The number of amides is 2. The second-order valence-electron chi connectivity index (χ2n) is 5.48. The van der Waals surface area contributed by atoms with Gasteiger partial charge in [0.05, 0.1) is 18.7 Å². The fraction of sp³-hybridized carbons (Fsp3) is 0.846. The van der Waals surface area contributed by atoms with Gasteiger partial charge in [-0.15, -0.1) is 0 Å². The lowest BCUT2D eigenvalue weighted by Crippen LogP contribution is -2.45. The predicted octanol–water partition coefficient (Wildman–Crippen LogP) is -1.62. The van der Waals surface area contributed by atoms with E-state index in [1.54, 1.807) is 7.11 Å². The molecule has 20 heavy (non-hydrogen) atoms. The molecule has 7 heteroatoms. The Balaban J connectivity index is 1.84. The van der Waals surface area contributed by atoms with Crippen LogP contribution in [0.1, 0.15) is 12.8 Å². The minimum atomic E-state index is -0.315. The van der Waals surface area contributed by atoms with E-state index < -0.39 is 0 Å². The number of methoxy groups -OCH3 is 1. The zero-order valence-electron chi connectivity index (χ0n) is 12.0. The van der Waals surface area contributed by atoms with Gasteiger partial charge in [-0.05, 0) is 12.8 Å². The monoisotopic (exact) mass is 284 g/mol. The van der Waals surface area contributed by atoms with Crippen molar-refractivity contribution in [1.82, 2.24) is 15.1 Å². The highest BCUT2D eigenvalue weighted by molar-refractivity contribution is 5.82. The first-order chi connectivity index (χ1) is 9.60. The van der Waals surface area contributed by atoms with Crippen LogP contribution in [0.25, 0.3) is 0 Å². The van der Waals surface area contributed by atoms with Gasteiger partial charge in [0.1, 0.15) is 0 Å². The van der Waals surface area contributed by atoms with E-state index in [1.165, 1.54) is 0 Å². The third kappa shape index (κ3) is 3.91. The summed E-state index contributed by atoms with van der Waals surface area (Å²) in [6.07, 6.45) is 1.73. The molecule has 2 heterocycles. The number of carbonyl (C=O) groups excluding carboxylic acids is 2. The lowest BCUT2D eigenvalue weighted by molar-refractivity contribution is -0.133. The number of nitrogens with two attached hydrogens (primary N) is 1. The molecule has 2 aliphatic rings. The Kier molecular flexibility index (Phi) is 5.33. The van der Waals surface area contributed by atoms with Crippen LogP contribution in [-0.2, 0) is 14.3 Å². The smallest absolute Gasteiger partial charge is 0.239 e. The number of primary amides is 1. The standard InChI is InChI=1S/C13H24N4O3/c1-20-10-7-11(15-8-10)13(19)17-4-2-3-16(5-6-17)9-12(14)18/h10-11,15H,2-9H2,1H3,(H2,14,18). The Labute approximate surface area is 119 Å². The number of nitrogens with one attached hydrogen (secondary N) is 1. The van der Waals surface area contributed by atoms with Gasteiger partial charge < -0.3 is 20.7 Å². The molecular weight excluding hydrogens is 260 g/mol. The summed E-state index contributed by atoms with van der Waals surface area (Å²) >= 11 is 0. The lowest BCUT2D eigenvalue weighted by Gasteiger charge is -2.24. The van der Waals surface area contributed by atoms with Crippen molar-refractivity contribution in [2.75, 3.05) is 46.4 Å². The molecule has 0 aliphatic carbocycles. The third-order valence-corrected chi connectivity index (χ3v) is 4.00. The van der Waals surface area contributed by atoms with E-state index in [0.717, 1.165) is 32.5 Å². The van der Waals surface area contributed by atoms with Crippen LogP contribution >= 0.6 is 0 Å². The number of ether oxygens (including phenoxy) is 1. The summed E-state index contributed by atoms with van der Waals surface area (Å²) in [5.41, 5.74) is 5.21. The van der Waals surface area contributed by atoms with Crippen molar-refractivity contribution < 1.29 is 14.3 Å². The van der Waals surface area contributed by atoms with Crippen LogP contribution in [0.2, 0.25) is 0 Å². The molecule has 0 saturated carbocycles. The van der Waals surface area contributed by atoms with E-state index >= 15 is 0 Å². The normalized spacial score (nSPS) is 28.4. The Morgan fingerprint density at radius 2 is 2.10 bits per heavy atom. The van der Waals surface area contributed by atoms with Crippen molar-refractivity contribution in [3.8, 4) is 0 Å². The first-order valence-corrected chi connectivity index (χ1v) is 7.15. The summed E-state index contributed by atoms with van der Waals surface area (Å²) in [5.74, 6) is -0.171. The van der Waals surface area contributed by atoms with Gasteiger partial charge in [-0.2, -0.15) is 0 Å². The average molecular weight is 284 g/mol. The minimum absolute atomic E-state index is 0.127. The van der Waals surface area contributed by atoms with E-state index in [0.29, 0.717) is 13.1 Å². The fourth-order valence-electron chi connectivity index (χ4n) is 2.86. The molecule has 2 unspecified atom stereocenters. The van der Waals surface area contributed by atoms with E-state index in [4.69, 9.17) is 10.5 Å². The Bertz CT molecular complexity index is 364. The summed E-state index contributed by atoms with van der Waals surface area (Å²) < 4.78 is 5.27. The zero-order chi connectivity index (χ0) is 14.5. The number of rotatable bonds is 4. The van der Waals surface area contributed by atoms with Crippen molar-refractivity contribution in [2.24, 2.45) is 5.73 Å². The highest BCUT2D eigenvalue weighted by atomic mass is 16.5. The van der Waals surface area contributed by atoms with Crippen molar-refractivity contribution in [2.45, 2.75) is 25.0 Å². The quantitative estimate of drug-likeness (QED) is 0.648. The highest BCUT2D eigenvalue weighted by Crippen LogP contribution is 2.13. The van der Waals surface area contributed by atoms with Crippen LogP contribution < -0.4 is 11.1 Å². The predicted molar refractivity (Wildman–Crippen MR) is 74.0 cm³/mol. The Hall–Kier alpha value is -1.18. The molecule has 0 bridgehead atoms. The Morgan fingerprint density at radius 3 is 2.75 bits per heavy atom. The second kappa shape index (κ2) is 7.01. The largest absolute Gasteiger partial charge is 0.380 e. The number of hydrogen-bond donors (Lipinski definition) is 2. The average Bonchev–Trinajstić information content (AvgIpc) is 2.78. The lowest BCUT2D eigenvalue weighted by atomic mass is 10.1. The second-order valence-corrected chi connectivity index (χ2v) is 5.48. The van der Waals surface area contributed by atoms with Crippen LogP contribution in [-0.4, -0.2) is 80.1 Å². The molecule has 0 aromatic carbocycles. The van der Waals surface area contributed by atoms with Crippen molar-refractivity contribution >= 4 is 11.8 Å². The van der Waals surface area contributed by atoms with Crippen molar-refractivity contribution in [3.63, 3.8) is 0 Å². The molecule has 7 nitrogen and oxygen atoms in total. The van der Waals surface area contributed by atoms with Crippen LogP contribution in [0.5, 0.6) is 0 Å². The first-order valence-electron chi connectivity index (χ1n) is 7.15. The maximum atomic E-state index is 12.4. The summed E-state index contributed by atoms with van der Waals surface area (Å²) in [5, 5.41) is 3.21. The molecule has 0 aromatic rings. The van der Waals surface area contributed by atoms with Gasteiger partial charge in [-0.25, -0.2) is 0 Å². The molecular formula is C13H24N4O3. The van der Waals surface area contributed by atoms with Gasteiger partial charge in [0.2, 0.25) is 11.8 Å². The molecule has 2 rings (SSSR count). The molecule has 0 radical (unpaired) electrons. The van der Waals surface area contributed by atoms with Gasteiger partial charge in [0, 0.05) is 39.8 Å². The van der Waals surface area contributed by atoms with E-state index in [-0.39, 0.29) is 30.5 Å². The molecule has 2 saturated heterocycles. The van der Waals surface area contributed by atoms with Crippen LogP contribution in [0.4, 0.5) is 0 Å². The molecule has 0 spiro atoms. The van der Waals surface area contributed by atoms with E-state index in [2.05, 4.69) is 5.32 Å². The molecule has 0 aromatic heterocycles. The molecule has 2 amide bonds. The van der Waals surface area contributed by atoms with Gasteiger partial charge >= 0.3 is 0 Å². The number of nitrogens with zero attached hydrogens (tertiary/aromatic N) is 2. The maximum Gasteiger partial charge on any atom is 0.239 e. The minimum Gasteiger partial charge on any atom is -0.380 e. The maximum absolute atomic E-state index is 12.4. The summed E-state index contributed by atoms with van der Waals surface area (Å²) in [7, 11) is 1.67. The molecule has 2 fully saturated rings. The van der Waals surface area contributed by atoms with E-state index in [1.807, 2.05) is 9.80 Å². The van der Waals surface area contributed by atoms with Crippen LogP contribution in [0.3, 0.4) is 0 Å². The van der Waals surface area contributed by atoms with E-state index in [9.17, 15) is 9.59 Å². The van der Waals surface area contributed by atoms with Crippen LogP contribution in [0.15, 0.2) is 0 Å². The highest BCUT2D eigenvalue weighted by Gasteiger charge is 2.32. The summed E-state index contributed by atoms with van der Waals surface area (Å²) in [4.78, 5) is 27.3. The van der Waals surface area contributed by atoms with Gasteiger partial charge in [-0.3, -0.25) is 14.5 Å². The molecule has 114 valence electrons. The van der Waals surface area contributed by atoms with Gasteiger partial charge in [0.15, 0.2) is 0 Å². The summed E-state index contributed by atoms with van der Waals surface area (Å²) in [6.45, 7) is 3.91. The van der Waals surface area contributed by atoms with Gasteiger partial charge in [-0.1, -0.05) is 0 Å². The summed E-state index contributed by atoms with van der Waals surface area (Å²) in [6, 6.07) is -0.136. The molecule has 3 N–H and O–H groups in total. The van der Waals surface area contributed by atoms with Gasteiger partial charge in [0.25, 0.3) is 0 Å². The number of carbonyl (C=O) groups is 2. The molecule has 2 aliphatic heterocycles. The first kappa shape index (κ1) is 15.2. The topological polar surface area (TPSA) is 87.9 Å². The fourth-order valence-corrected chi connectivity index (χ4v) is 2.86. The van der Waals surface area contributed by atoms with Crippen molar-refractivity contribution in [3.05, 3.63) is 0 Å².